The van der Waals surface area contributed by atoms with Crippen molar-refractivity contribution in [1.82, 2.24) is 4.57 Å². The van der Waals surface area contributed by atoms with Gasteiger partial charge in [0.1, 0.15) is 23.9 Å². The van der Waals surface area contributed by atoms with Crippen LogP contribution >= 0.6 is 15.9 Å². The van der Waals surface area contributed by atoms with Gasteiger partial charge < -0.3 is 15.0 Å². The monoisotopic (exact) mass is 358 g/mol. The first kappa shape index (κ1) is 15.2. The summed E-state index contributed by atoms with van der Waals surface area (Å²) >= 11 is 2.83. The van der Waals surface area contributed by atoms with Crippen molar-refractivity contribution in [2.75, 3.05) is 5.32 Å². The number of carboxylic acid groups (broad SMARTS) is 1. The first-order valence-corrected chi connectivity index (χ1v) is 6.50. The van der Waals surface area contributed by atoms with Crippen molar-refractivity contribution >= 4 is 33.5 Å². The molecular formula is C13H9BrF2N2O3. The zero-order valence-electron chi connectivity index (χ0n) is 10.4. The molecule has 21 heavy (non-hydrogen) atoms. The van der Waals surface area contributed by atoms with Gasteiger partial charge in [-0.05, 0) is 34.1 Å². The van der Waals surface area contributed by atoms with Gasteiger partial charge in [0.2, 0.25) is 0 Å². The second-order valence-corrected chi connectivity index (χ2v) is 4.97. The van der Waals surface area contributed by atoms with Crippen molar-refractivity contribution in [1.29, 1.82) is 0 Å². The van der Waals surface area contributed by atoms with E-state index in [9.17, 15) is 18.4 Å². The van der Waals surface area contributed by atoms with Gasteiger partial charge in [-0.25, -0.2) is 8.78 Å². The molecule has 2 rings (SSSR count). The van der Waals surface area contributed by atoms with Gasteiger partial charge in [-0.2, -0.15) is 0 Å². The number of carboxylic acids is 1. The molecular weight excluding hydrogens is 350 g/mol. The fourth-order valence-electron chi connectivity index (χ4n) is 1.71. The van der Waals surface area contributed by atoms with E-state index >= 15 is 0 Å². The van der Waals surface area contributed by atoms with Gasteiger partial charge in [-0.3, -0.25) is 9.59 Å². The highest BCUT2D eigenvalue weighted by atomic mass is 79.9. The van der Waals surface area contributed by atoms with Crippen molar-refractivity contribution in [3.05, 3.63) is 52.3 Å². The number of amides is 1. The molecule has 1 aromatic heterocycles. The van der Waals surface area contributed by atoms with E-state index in [0.717, 1.165) is 12.1 Å². The molecule has 0 aliphatic rings. The number of benzene rings is 1. The Morgan fingerprint density at radius 1 is 1.29 bits per heavy atom. The predicted molar refractivity (Wildman–Crippen MR) is 74.1 cm³/mol. The topological polar surface area (TPSA) is 71.3 Å². The number of nitrogens with one attached hydrogen (secondary N) is 1. The maximum absolute atomic E-state index is 13.6. The second kappa shape index (κ2) is 6.04. The Morgan fingerprint density at radius 3 is 2.67 bits per heavy atom. The highest BCUT2D eigenvalue weighted by Gasteiger charge is 2.16. The predicted octanol–water partition coefficient (Wildman–Crippen LogP) is 2.87. The molecule has 1 amide bonds. The number of hydrogen-bond acceptors (Lipinski definition) is 2. The van der Waals surface area contributed by atoms with E-state index in [2.05, 4.69) is 21.2 Å². The standard InChI is InChI=1S/C13H9BrF2N2O3/c14-7-4-9(16)10(5-8(7)15)17-13(21)11-2-1-3-18(11)6-12(19)20/h1-5H,6H2,(H,17,21)(H,19,20). The molecule has 0 unspecified atom stereocenters. The highest BCUT2D eigenvalue weighted by Crippen LogP contribution is 2.23. The van der Waals surface area contributed by atoms with Crippen molar-refractivity contribution in [2.24, 2.45) is 0 Å². The SMILES string of the molecule is O=C(O)Cn1cccc1C(=O)Nc1cc(F)c(Br)cc1F. The Balaban J connectivity index is 2.25. The Labute approximate surface area is 126 Å². The van der Waals surface area contributed by atoms with Crippen molar-refractivity contribution in [3.8, 4) is 0 Å². The number of aromatic nitrogens is 1. The van der Waals surface area contributed by atoms with Crippen LogP contribution in [0.3, 0.4) is 0 Å². The van der Waals surface area contributed by atoms with Crippen LogP contribution < -0.4 is 5.32 Å². The minimum atomic E-state index is -1.12. The van der Waals surface area contributed by atoms with Gasteiger partial charge in [0.05, 0.1) is 10.2 Å². The van der Waals surface area contributed by atoms with E-state index in [1.165, 1.54) is 22.9 Å². The Morgan fingerprint density at radius 2 is 2.00 bits per heavy atom. The summed E-state index contributed by atoms with van der Waals surface area (Å²) in [6, 6.07) is 4.59. The summed E-state index contributed by atoms with van der Waals surface area (Å²) in [5.41, 5.74) is -0.302. The van der Waals surface area contributed by atoms with Crippen LogP contribution in [0.25, 0.3) is 0 Å². The molecule has 0 saturated heterocycles. The van der Waals surface area contributed by atoms with E-state index in [0.29, 0.717) is 0 Å². The fraction of sp³-hybridized carbons (Fsp3) is 0.0769. The lowest BCUT2D eigenvalue weighted by Crippen LogP contribution is -2.20. The molecule has 0 saturated carbocycles. The van der Waals surface area contributed by atoms with Gasteiger partial charge >= 0.3 is 5.97 Å². The number of carbonyl (C=O) groups excluding carboxylic acids is 1. The summed E-state index contributed by atoms with van der Waals surface area (Å²) in [5.74, 6) is -3.40. The largest absolute Gasteiger partial charge is 0.480 e. The van der Waals surface area contributed by atoms with Crippen LogP contribution in [0.4, 0.5) is 14.5 Å². The van der Waals surface area contributed by atoms with Gasteiger partial charge in [0, 0.05) is 12.3 Å². The Bertz CT molecular complexity index is 715. The normalized spacial score (nSPS) is 10.4. The van der Waals surface area contributed by atoms with E-state index in [-0.39, 0.29) is 15.9 Å². The van der Waals surface area contributed by atoms with E-state index < -0.39 is 30.1 Å². The lowest BCUT2D eigenvalue weighted by Gasteiger charge is -2.09. The van der Waals surface area contributed by atoms with E-state index in [1.807, 2.05) is 0 Å². The molecule has 5 nitrogen and oxygen atoms in total. The van der Waals surface area contributed by atoms with Crippen LogP contribution in [-0.4, -0.2) is 21.6 Å². The summed E-state index contributed by atoms with van der Waals surface area (Å²) < 4.78 is 28.1. The third-order valence-corrected chi connectivity index (χ3v) is 3.23. The first-order chi connectivity index (χ1) is 9.88. The molecule has 8 heteroatoms. The average molecular weight is 359 g/mol. The maximum Gasteiger partial charge on any atom is 0.323 e. The van der Waals surface area contributed by atoms with Crippen molar-refractivity contribution < 1.29 is 23.5 Å². The summed E-state index contributed by atoms with van der Waals surface area (Å²) in [7, 11) is 0. The summed E-state index contributed by atoms with van der Waals surface area (Å²) in [6.45, 7) is -0.410. The molecule has 0 aliphatic carbocycles. The summed E-state index contributed by atoms with van der Waals surface area (Å²) in [5, 5.41) is 10.9. The molecule has 0 fully saturated rings. The molecule has 1 heterocycles. The molecule has 2 N–H and O–H groups in total. The maximum atomic E-state index is 13.6. The Kier molecular flexibility index (Phi) is 4.37. The zero-order chi connectivity index (χ0) is 15.6. The molecule has 0 radical (unpaired) electrons. The fourth-order valence-corrected chi connectivity index (χ4v) is 2.02. The number of nitrogens with zero attached hydrogens (tertiary/aromatic N) is 1. The van der Waals surface area contributed by atoms with Gasteiger partial charge in [-0.1, -0.05) is 0 Å². The third kappa shape index (κ3) is 3.46. The van der Waals surface area contributed by atoms with E-state index in [1.54, 1.807) is 0 Å². The number of hydrogen-bond donors (Lipinski definition) is 2. The van der Waals surface area contributed by atoms with Gasteiger partial charge in [0.15, 0.2) is 0 Å². The van der Waals surface area contributed by atoms with Crippen LogP contribution in [0, 0.1) is 11.6 Å². The number of aliphatic carboxylic acids is 1. The lowest BCUT2D eigenvalue weighted by molar-refractivity contribution is -0.137. The quantitative estimate of drug-likeness (QED) is 0.825. The second-order valence-electron chi connectivity index (χ2n) is 4.12. The highest BCUT2D eigenvalue weighted by molar-refractivity contribution is 9.10. The smallest absolute Gasteiger partial charge is 0.323 e. The van der Waals surface area contributed by atoms with Crippen LogP contribution in [0.2, 0.25) is 0 Å². The number of anilines is 1. The minimum Gasteiger partial charge on any atom is -0.480 e. The molecule has 110 valence electrons. The van der Waals surface area contributed by atoms with Gasteiger partial charge in [-0.15, -0.1) is 0 Å². The minimum absolute atomic E-state index is 0.0279. The van der Waals surface area contributed by atoms with Crippen molar-refractivity contribution in [3.63, 3.8) is 0 Å². The van der Waals surface area contributed by atoms with E-state index in [4.69, 9.17) is 5.11 Å². The summed E-state index contributed by atoms with van der Waals surface area (Å²) in [6.07, 6.45) is 1.40. The first-order valence-electron chi connectivity index (χ1n) is 5.71. The molecule has 1 aromatic carbocycles. The average Bonchev–Trinajstić information content (AvgIpc) is 2.83. The molecule has 0 atom stereocenters. The van der Waals surface area contributed by atoms with Crippen molar-refractivity contribution in [2.45, 2.75) is 6.54 Å². The zero-order valence-corrected chi connectivity index (χ0v) is 12.0. The Hall–Kier alpha value is -2.22. The third-order valence-electron chi connectivity index (χ3n) is 2.63. The van der Waals surface area contributed by atoms with Gasteiger partial charge in [0.25, 0.3) is 5.91 Å². The van der Waals surface area contributed by atoms with Crippen LogP contribution in [0.1, 0.15) is 10.5 Å². The lowest BCUT2D eigenvalue weighted by atomic mass is 10.3. The number of carbonyl (C=O) groups is 2. The van der Waals surface area contributed by atoms with Crippen LogP contribution in [0.15, 0.2) is 34.9 Å². The number of rotatable bonds is 4. The summed E-state index contributed by atoms with van der Waals surface area (Å²) in [4.78, 5) is 22.7. The molecule has 2 aromatic rings. The van der Waals surface area contributed by atoms with Crippen LogP contribution in [0.5, 0.6) is 0 Å². The molecule has 0 aliphatic heterocycles. The molecule has 0 bridgehead atoms. The van der Waals surface area contributed by atoms with Crippen LogP contribution in [-0.2, 0) is 11.3 Å². The number of halogens is 3. The molecule has 0 spiro atoms.